The third-order valence-electron chi connectivity index (χ3n) is 2.72. The van der Waals surface area contributed by atoms with Gasteiger partial charge in [-0.25, -0.2) is 0 Å². The van der Waals surface area contributed by atoms with Crippen LogP contribution >= 0.6 is 11.3 Å². The zero-order valence-electron chi connectivity index (χ0n) is 7.12. The van der Waals surface area contributed by atoms with Crippen molar-refractivity contribution >= 4 is 17.1 Å². The fourth-order valence-corrected chi connectivity index (χ4v) is 2.86. The minimum Gasteiger partial charge on any atom is -0.299 e. The highest BCUT2D eigenvalue weighted by molar-refractivity contribution is 7.10. The van der Waals surface area contributed by atoms with Gasteiger partial charge >= 0.3 is 0 Å². The number of carbonyl (C=O) groups excluding carboxylic acids is 1. The summed E-state index contributed by atoms with van der Waals surface area (Å²) < 4.78 is 0. The number of hydrogen-bond donors (Lipinski definition) is 0. The van der Waals surface area contributed by atoms with Gasteiger partial charge in [-0.3, -0.25) is 4.79 Å². The lowest BCUT2D eigenvalue weighted by Crippen LogP contribution is -2.07. The summed E-state index contributed by atoms with van der Waals surface area (Å²) in [5.41, 5.74) is 0. The van der Waals surface area contributed by atoms with Gasteiger partial charge in [0.25, 0.3) is 0 Å². The first kappa shape index (κ1) is 7.99. The van der Waals surface area contributed by atoms with Crippen molar-refractivity contribution in [2.45, 2.75) is 25.7 Å². The molecule has 64 valence electrons. The van der Waals surface area contributed by atoms with Crippen molar-refractivity contribution in [1.29, 1.82) is 0 Å². The molecule has 0 N–H and O–H groups in total. The number of carbonyl (C=O) groups is 1. The van der Waals surface area contributed by atoms with E-state index >= 15 is 0 Å². The Morgan fingerprint density at radius 2 is 2.42 bits per heavy atom. The van der Waals surface area contributed by atoms with Gasteiger partial charge in [-0.2, -0.15) is 0 Å². The van der Waals surface area contributed by atoms with Crippen LogP contribution in [0.25, 0.3) is 0 Å². The van der Waals surface area contributed by atoms with E-state index in [1.165, 1.54) is 4.88 Å². The van der Waals surface area contributed by atoms with Crippen molar-refractivity contribution in [3.8, 4) is 0 Å². The molecule has 1 aromatic rings. The van der Waals surface area contributed by atoms with E-state index in [1.807, 2.05) is 0 Å². The first-order valence-corrected chi connectivity index (χ1v) is 5.23. The second kappa shape index (κ2) is 3.02. The first-order chi connectivity index (χ1) is 5.79. The molecule has 1 heterocycles. The number of hydrogen-bond acceptors (Lipinski definition) is 2. The molecule has 2 unspecified atom stereocenters. The van der Waals surface area contributed by atoms with Crippen LogP contribution in [0, 0.1) is 5.92 Å². The van der Waals surface area contributed by atoms with Crippen molar-refractivity contribution in [3.05, 3.63) is 22.4 Å². The van der Waals surface area contributed by atoms with E-state index in [1.54, 1.807) is 11.3 Å². The zero-order valence-corrected chi connectivity index (χ0v) is 7.93. The van der Waals surface area contributed by atoms with Gasteiger partial charge in [0.05, 0.1) is 0 Å². The van der Waals surface area contributed by atoms with E-state index in [-0.39, 0.29) is 5.92 Å². The Kier molecular flexibility index (Phi) is 2.01. The standard InChI is InChI=1S/C10H12OS/c1-7-8(4-5-9(7)11)10-3-2-6-12-10/h2-3,6-8H,4-5H2,1H3. The molecule has 0 spiro atoms. The fourth-order valence-electron chi connectivity index (χ4n) is 1.89. The lowest BCUT2D eigenvalue weighted by Gasteiger charge is -2.10. The smallest absolute Gasteiger partial charge is 0.136 e. The van der Waals surface area contributed by atoms with E-state index in [0.29, 0.717) is 11.7 Å². The Labute approximate surface area is 76.4 Å². The van der Waals surface area contributed by atoms with Crippen LogP contribution in [0.15, 0.2) is 17.5 Å². The van der Waals surface area contributed by atoms with E-state index in [0.717, 1.165) is 12.8 Å². The van der Waals surface area contributed by atoms with E-state index in [4.69, 9.17) is 0 Å². The Balaban J connectivity index is 2.21. The molecule has 2 atom stereocenters. The van der Waals surface area contributed by atoms with Crippen LogP contribution in [-0.4, -0.2) is 5.78 Å². The molecule has 1 saturated carbocycles. The second-order valence-electron chi connectivity index (χ2n) is 3.42. The van der Waals surface area contributed by atoms with Crippen molar-refractivity contribution < 1.29 is 4.79 Å². The third kappa shape index (κ3) is 1.20. The summed E-state index contributed by atoms with van der Waals surface area (Å²) in [4.78, 5) is 12.7. The summed E-state index contributed by atoms with van der Waals surface area (Å²) in [6.07, 6.45) is 1.84. The highest BCUT2D eigenvalue weighted by Gasteiger charge is 2.32. The van der Waals surface area contributed by atoms with Gasteiger partial charge in [-0.1, -0.05) is 13.0 Å². The molecule has 0 amide bonds. The number of Topliss-reactive ketones (excluding diaryl/α,β-unsaturated/α-hetero) is 1. The van der Waals surface area contributed by atoms with Gasteiger partial charge in [-0.15, -0.1) is 11.3 Å². The molecule has 0 saturated heterocycles. The van der Waals surface area contributed by atoms with Crippen LogP contribution < -0.4 is 0 Å². The van der Waals surface area contributed by atoms with Crippen molar-refractivity contribution in [2.24, 2.45) is 5.92 Å². The second-order valence-corrected chi connectivity index (χ2v) is 4.39. The Morgan fingerprint density at radius 3 is 2.92 bits per heavy atom. The summed E-state index contributed by atoms with van der Waals surface area (Å²) in [6, 6.07) is 4.21. The van der Waals surface area contributed by atoms with Gasteiger partial charge in [0.1, 0.15) is 5.78 Å². The third-order valence-corrected chi connectivity index (χ3v) is 3.73. The van der Waals surface area contributed by atoms with Crippen LogP contribution in [0.4, 0.5) is 0 Å². The zero-order chi connectivity index (χ0) is 8.55. The predicted molar refractivity (Wildman–Crippen MR) is 50.5 cm³/mol. The molecule has 1 aromatic heterocycles. The van der Waals surface area contributed by atoms with Crippen LogP contribution in [-0.2, 0) is 4.79 Å². The van der Waals surface area contributed by atoms with Gasteiger partial charge in [0.2, 0.25) is 0 Å². The highest BCUT2D eigenvalue weighted by Crippen LogP contribution is 2.38. The lowest BCUT2D eigenvalue weighted by molar-refractivity contribution is -0.120. The van der Waals surface area contributed by atoms with Crippen molar-refractivity contribution in [2.75, 3.05) is 0 Å². The number of thiophene rings is 1. The molecule has 1 fully saturated rings. The summed E-state index contributed by atoms with van der Waals surface area (Å²) in [7, 11) is 0. The van der Waals surface area contributed by atoms with Gasteiger partial charge in [0, 0.05) is 23.1 Å². The molecule has 0 radical (unpaired) electrons. The van der Waals surface area contributed by atoms with Gasteiger partial charge in [-0.05, 0) is 17.9 Å². The lowest BCUT2D eigenvalue weighted by atomic mass is 9.96. The Morgan fingerprint density at radius 1 is 1.58 bits per heavy atom. The minimum atomic E-state index is 0.253. The van der Waals surface area contributed by atoms with Gasteiger partial charge < -0.3 is 0 Å². The highest BCUT2D eigenvalue weighted by atomic mass is 32.1. The van der Waals surface area contributed by atoms with E-state index in [9.17, 15) is 4.79 Å². The molecular weight excluding hydrogens is 168 g/mol. The molecule has 0 bridgehead atoms. The van der Waals surface area contributed by atoms with Crippen LogP contribution in [0.3, 0.4) is 0 Å². The fraction of sp³-hybridized carbons (Fsp3) is 0.500. The van der Waals surface area contributed by atoms with Crippen LogP contribution in [0.1, 0.15) is 30.6 Å². The molecule has 0 aromatic carbocycles. The topological polar surface area (TPSA) is 17.1 Å². The Hall–Kier alpha value is -0.630. The predicted octanol–water partition coefficient (Wildman–Crippen LogP) is 2.83. The molecule has 2 heteroatoms. The quantitative estimate of drug-likeness (QED) is 0.649. The maximum atomic E-state index is 11.3. The molecular formula is C10H12OS. The largest absolute Gasteiger partial charge is 0.299 e. The Bertz CT molecular complexity index is 276. The first-order valence-electron chi connectivity index (χ1n) is 4.35. The van der Waals surface area contributed by atoms with Crippen LogP contribution in [0.5, 0.6) is 0 Å². The maximum Gasteiger partial charge on any atom is 0.136 e. The number of rotatable bonds is 1. The maximum absolute atomic E-state index is 11.3. The summed E-state index contributed by atoms with van der Waals surface area (Å²) in [5.74, 6) is 1.20. The minimum absolute atomic E-state index is 0.253. The molecule has 0 aliphatic heterocycles. The SMILES string of the molecule is CC1C(=O)CCC1c1cccs1. The summed E-state index contributed by atoms with van der Waals surface area (Å²) in [5, 5.41) is 2.09. The van der Waals surface area contributed by atoms with Crippen LogP contribution in [0.2, 0.25) is 0 Å². The molecule has 1 aliphatic rings. The van der Waals surface area contributed by atoms with E-state index < -0.39 is 0 Å². The summed E-state index contributed by atoms with van der Waals surface area (Å²) in [6.45, 7) is 2.06. The van der Waals surface area contributed by atoms with E-state index in [2.05, 4.69) is 24.4 Å². The molecule has 1 aliphatic carbocycles. The van der Waals surface area contributed by atoms with Crippen molar-refractivity contribution in [3.63, 3.8) is 0 Å². The average molecular weight is 180 g/mol. The summed E-state index contributed by atoms with van der Waals surface area (Å²) >= 11 is 1.77. The monoisotopic (exact) mass is 180 g/mol. The molecule has 1 nitrogen and oxygen atoms in total. The molecule has 2 rings (SSSR count). The molecule has 12 heavy (non-hydrogen) atoms. The average Bonchev–Trinajstić information content (AvgIpc) is 2.64. The van der Waals surface area contributed by atoms with Crippen molar-refractivity contribution in [1.82, 2.24) is 0 Å². The van der Waals surface area contributed by atoms with Gasteiger partial charge in [0.15, 0.2) is 0 Å². The normalized spacial score (nSPS) is 29.6. The number of ketones is 1.